The number of rotatable bonds is 6. The lowest BCUT2D eigenvalue weighted by molar-refractivity contribution is -0.137. The van der Waals surface area contributed by atoms with Crippen molar-refractivity contribution >= 4 is 35.1 Å². The van der Waals surface area contributed by atoms with Crippen molar-refractivity contribution in [2.45, 2.75) is 19.3 Å². The fourth-order valence-electron chi connectivity index (χ4n) is 2.40. The SMILES string of the molecule is O=C(O)CCCNC(=O)C1CCN(c2cccc(Cl)c2)C1=O. The van der Waals surface area contributed by atoms with E-state index in [4.69, 9.17) is 16.7 Å². The third-order valence-electron chi connectivity index (χ3n) is 3.51. The number of hydrogen-bond donors (Lipinski definition) is 2. The Morgan fingerprint density at radius 1 is 1.41 bits per heavy atom. The minimum absolute atomic E-state index is 0.00642. The molecular weight excluding hydrogens is 308 g/mol. The zero-order valence-corrected chi connectivity index (χ0v) is 12.7. The molecule has 1 aromatic rings. The van der Waals surface area contributed by atoms with E-state index in [1.54, 1.807) is 29.2 Å². The normalized spacial score (nSPS) is 17.6. The monoisotopic (exact) mass is 324 g/mol. The molecule has 7 heteroatoms. The molecule has 1 aliphatic rings. The van der Waals surface area contributed by atoms with Crippen LogP contribution < -0.4 is 10.2 Å². The molecule has 0 spiro atoms. The Morgan fingerprint density at radius 2 is 2.18 bits per heavy atom. The van der Waals surface area contributed by atoms with E-state index in [0.717, 1.165) is 0 Å². The van der Waals surface area contributed by atoms with Gasteiger partial charge in [-0.05, 0) is 31.0 Å². The molecule has 1 fully saturated rings. The number of hydrogen-bond acceptors (Lipinski definition) is 3. The largest absolute Gasteiger partial charge is 0.481 e. The summed E-state index contributed by atoms with van der Waals surface area (Å²) in [5.74, 6) is -2.22. The molecular formula is C15H17ClN2O4. The molecule has 2 amide bonds. The van der Waals surface area contributed by atoms with E-state index in [1.165, 1.54) is 0 Å². The van der Waals surface area contributed by atoms with Crippen molar-refractivity contribution in [1.29, 1.82) is 0 Å². The topological polar surface area (TPSA) is 86.7 Å². The first-order valence-electron chi connectivity index (χ1n) is 7.05. The van der Waals surface area contributed by atoms with Gasteiger partial charge in [0.1, 0.15) is 5.92 Å². The standard InChI is InChI=1S/C15H17ClN2O4/c16-10-3-1-4-11(9-10)18-8-6-12(15(18)22)14(21)17-7-2-5-13(19)20/h1,3-4,9,12H,2,5-8H2,(H,17,21)(H,19,20). The van der Waals surface area contributed by atoms with Crippen molar-refractivity contribution in [3.8, 4) is 0 Å². The summed E-state index contributed by atoms with van der Waals surface area (Å²) in [5, 5.41) is 11.7. The molecule has 0 aliphatic carbocycles. The minimum Gasteiger partial charge on any atom is -0.481 e. The molecule has 1 aliphatic heterocycles. The van der Waals surface area contributed by atoms with Crippen molar-refractivity contribution in [2.24, 2.45) is 5.92 Å². The van der Waals surface area contributed by atoms with Gasteiger partial charge in [0, 0.05) is 30.2 Å². The van der Waals surface area contributed by atoms with Crippen LogP contribution in [-0.2, 0) is 14.4 Å². The van der Waals surface area contributed by atoms with E-state index in [1.807, 2.05) is 0 Å². The van der Waals surface area contributed by atoms with Gasteiger partial charge in [-0.15, -0.1) is 0 Å². The van der Waals surface area contributed by atoms with Crippen molar-refractivity contribution in [3.05, 3.63) is 29.3 Å². The number of nitrogens with one attached hydrogen (secondary N) is 1. The fraction of sp³-hybridized carbons (Fsp3) is 0.400. The quantitative estimate of drug-likeness (QED) is 0.615. The highest BCUT2D eigenvalue weighted by Crippen LogP contribution is 2.27. The highest BCUT2D eigenvalue weighted by molar-refractivity contribution is 6.31. The Bertz CT molecular complexity index is 591. The van der Waals surface area contributed by atoms with E-state index in [-0.39, 0.29) is 24.8 Å². The van der Waals surface area contributed by atoms with Crippen LogP contribution in [0.15, 0.2) is 24.3 Å². The van der Waals surface area contributed by atoms with Crippen LogP contribution in [0.25, 0.3) is 0 Å². The summed E-state index contributed by atoms with van der Waals surface area (Å²) in [7, 11) is 0. The Balaban J connectivity index is 1.90. The third-order valence-corrected chi connectivity index (χ3v) is 3.74. The van der Waals surface area contributed by atoms with Crippen LogP contribution in [0, 0.1) is 5.92 Å². The van der Waals surface area contributed by atoms with Gasteiger partial charge in [0.25, 0.3) is 0 Å². The Hall–Kier alpha value is -2.08. The van der Waals surface area contributed by atoms with Gasteiger partial charge in [0.15, 0.2) is 0 Å². The Labute approximate surface area is 133 Å². The maximum atomic E-state index is 12.3. The summed E-state index contributed by atoms with van der Waals surface area (Å²) in [5.41, 5.74) is 0.679. The van der Waals surface area contributed by atoms with Gasteiger partial charge in [-0.25, -0.2) is 0 Å². The molecule has 0 saturated carbocycles. The van der Waals surface area contributed by atoms with Gasteiger partial charge >= 0.3 is 5.97 Å². The van der Waals surface area contributed by atoms with Crippen LogP contribution in [0.5, 0.6) is 0 Å². The summed E-state index contributed by atoms with van der Waals surface area (Å²) in [4.78, 5) is 36.3. The van der Waals surface area contributed by atoms with Crippen LogP contribution in [0.2, 0.25) is 5.02 Å². The smallest absolute Gasteiger partial charge is 0.303 e. The molecule has 1 atom stereocenters. The molecule has 0 bridgehead atoms. The van der Waals surface area contributed by atoms with Crippen LogP contribution in [0.4, 0.5) is 5.69 Å². The van der Waals surface area contributed by atoms with Gasteiger partial charge in [-0.3, -0.25) is 14.4 Å². The van der Waals surface area contributed by atoms with Crippen LogP contribution in [-0.4, -0.2) is 36.0 Å². The zero-order chi connectivity index (χ0) is 16.1. The summed E-state index contributed by atoms with van der Waals surface area (Å²) in [6, 6.07) is 6.94. The Kier molecular flexibility index (Phi) is 5.38. The van der Waals surface area contributed by atoms with Crippen molar-refractivity contribution in [3.63, 3.8) is 0 Å². The van der Waals surface area contributed by atoms with E-state index in [9.17, 15) is 14.4 Å². The molecule has 0 aromatic heterocycles. The maximum absolute atomic E-state index is 12.3. The zero-order valence-electron chi connectivity index (χ0n) is 11.9. The van der Waals surface area contributed by atoms with E-state index in [2.05, 4.69) is 5.32 Å². The molecule has 1 heterocycles. The number of halogens is 1. The molecule has 118 valence electrons. The number of amides is 2. The molecule has 22 heavy (non-hydrogen) atoms. The number of carbonyl (C=O) groups is 3. The minimum atomic E-state index is -0.904. The highest BCUT2D eigenvalue weighted by atomic mass is 35.5. The highest BCUT2D eigenvalue weighted by Gasteiger charge is 2.37. The summed E-state index contributed by atoms with van der Waals surface area (Å²) < 4.78 is 0. The molecule has 1 unspecified atom stereocenters. The van der Waals surface area contributed by atoms with Gasteiger partial charge < -0.3 is 15.3 Å². The number of nitrogens with zero attached hydrogens (tertiary/aromatic N) is 1. The summed E-state index contributed by atoms with van der Waals surface area (Å²) >= 11 is 5.91. The van der Waals surface area contributed by atoms with Crippen LogP contribution in [0.1, 0.15) is 19.3 Å². The number of carboxylic acid groups (broad SMARTS) is 1. The number of benzene rings is 1. The van der Waals surface area contributed by atoms with Crippen molar-refractivity contribution in [1.82, 2.24) is 5.32 Å². The first-order chi connectivity index (χ1) is 10.5. The van der Waals surface area contributed by atoms with E-state index < -0.39 is 11.9 Å². The second kappa shape index (κ2) is 7.26. The fourth-order valence-corrected chi connectivity index (χ4v) is 2.58. The van der Waals surface area contributed by atoms with E-state index >= 15 is 0 Å². The summed E-state index contributed by atoms with van der Waals surface area (Å²) in [6.07, 6.45) is 0.781. The van der Waals surface area contributed by atoms with Gasteiger partial charge in [-0.2, -0.15) is 0 Å². The van der Waals surface area contributed by atoms with Crippen LogP contribution in [0.3, 0.4) is 0 Å². The summed E-state index contributed by atoms with van der Waals surface area (Å²) in [6.45, 7) is 0.721. The Morgan fingerprint density at radius 3 is 2.86 bits per heavy atom. The maximum Gasteiger partial charge on any atom is 0.303 e. The van der Waals surface area contributed by atoms with Gasteiger partial charge in [-0.1, -0.05) is 17.7 Å². The first kappa shape index (κ1) is 16.3. The molecule has 1 aromatic carbocycles. The van der Waals surface area contributed by atoms with E-state index in [0.29, 0.717) is 30.1 Å². The average molecular weight is 325 g/mol. The van der Waals surface area contributed by atoms with Gasteiger partial charge in [0.05, 0.1) is 0 Å². The first-order valence-corrected chi connectivity index (χ1v) is 7.43. The second-order valence-electron chi connectivity index (χ2n) is 5.10. The van der Waals surface area contributed by atoms with Crippen molar-refractivity contribution in [2.75, 3.05) is 18.0 Å². The van der Waals surface area contributed by atoms with Crippen LogP contribution >= 0.6 is 11.6 Å². The lowest BCUT2D eigenvalue weighted by atomic mass is 10.1. The third kappa shape index (κ3) is 3.98. The lowest BCUT2D eigenvalue weighted by Crippen LogP contribution is -2.37. The molecule has 0 radical (unpaired) electrons. The molecule has 6 nitrogen and oxygen atoms in total. The van der Waals surface area contributed by atoms with Gasteiger partial charge in [0.2, 0.25) is 11.8 Å². The van der Waals surface area contributed by atoms with Crippen molar-refractivity contribution < 1.29 is 19.5 Å². The number of anilines is 1. The molecule has 2 rings (SSSR count). The second-order valence-corrected chi connectivity index (χ2v) is 5.54. The number of carboxylic acids is 1. The molecule has 2 N–H and O–H groups in total. The lowest BCUT2D eigenvalue weighted by Gasteiger charge is -2.17. The number of aliphatic carboxylic acids is 1. The predicted molar refractivity (Wildman–Crippen MR) is 81.8 cm³/mol. The molecule has 1 saturated heterocycles. The number of carbonyl (C=O) groups excluding carboxylic acids is 2. The predicted octanol–water partition coefficient (Wildman–Crippen LogP) is 1.67. The average Bonchev–Trinajstić information content (AvgIpc) is 2.85.